The standard InChI is InChI=1S/C12H12FN3O/c1-7-6-15-8(2)12(16-7)17-11-4-3-9(13)5-10(11)14/h3-6H,14H2,1-2H3. The third-order valence-electron chi connectivity index (χ3n) is 2.21. The van der Waals surface area contributed by atoms with Gasteiger partial charge in [0.2, 0.25) is 5.88 Å². The Morgan fingerprint density at radius 2 is 2.06 bits per heavy atom. The second-order valence-electron chi connectivity index (χ2n) is 3.69. The highest BCUT2D eigenvalue weighted by Crippen LogP contribution is 2.27. The molecule has 0 amide bonds. The number of hydrogen-bond donors (Lipinski definition) is 1. The molecule has 2 rings (SSSR count). The Labute approximate surface area is 98.3 Å². The molecule has 0 radical (unpaired) electrons. The molecule has 1 heterocycles. The zero-order chi connectivity index (χ0) is 12.4. The Morgan fingerprint density at radius 3 is 2.76 bits per heavy atom. The van der Waals surface area contributed by atoms with E-state index in [1.807, 2.05) is 6.92 Å². The molecule has 5 heteroatoms. The van der Waals surface area contributed by atoms with E-state index in [1.54, 1.807) is 13.1 Å². The Bertz CT molecular complexity index is 557. The van der Waals surface area contributed by atoms with Crippen LogP contribution in [0.4, 0.5) is 10.1 Å². The summed E-state index contributed by atoms with van der Waals surface area (Å²) in [6, 6.07) is 3.95. The molecule has 0 aliphatic heterocycles. The highest BCUT2D eigenvalue weighted by molar-refractivity contribution is 5.53. The predicted octanol–water partition coefficient (Wildman–Crippen LogP) is 2.61. The summed E-state index contributed by atoms with van der Waals surface area (Å²) in [6.45, 7) is 3.59. The number of benzene rings is 1. The largest absolute Gasteiger partial charge is 0.435 e. The Morgan fingerprint density at radius 1 is 1.29 bits per heavy atom. The number of aromatic nitrogens is 2. The van der Waals surface area contributed by atoms with E-state index in [4.69, 9.17) is 10.5 Å². The number of nitrogen functional groups attached to an aromatic ring is 1. The van der Waals surface area contributed by atoms with Gasteiger partial charge in [-0.05, 0) is 26.0 Å². The minimum atomic E-state index is -0.401. The third kappa shape index (κ3) is 2.50. The molecule has 88 valence electrons. The van der Waals surface area contributed by atoms with E-state index in [2.05, 4.69) is 9.97 Å². The van der Waals surface area contributed by atoms with Crippen LogP contribution < -0.4 is 10.5 Å². The minimum absolute atomic E-state index is 0.229. The summed E-state index contributed by atoms with van der Waals surface area (Å²) in [7, 11) is 0. The smallest absolute Gasteiger partial charge is 0.241 e. The molecule has 0 aliphatic carbocycles. The molecule has 0 atom stereocenters. The molecule has 0 bridgehead atoms. The lowest BCUT2D eigenvalue weighted by molar-refractivity contribution is 0.454. The molecule has 1 aromatic heterocycles. The topological polar surface area (TPSA) is 61.0 Å². The Balaban J connectivity index is 2.34. The van der Waals surface area contributed by atoms with Crippen molar-refractivity contribution >= 4 is 5.69 Å². The van der Waals surface area contributed by atoms with Crippen LogP contribution in [-0.4, -0.2) is 9.97 Å². The molecule has 0 unspecified atom stereocenters. The van der Waals surface area contributed by atoms with E-state index >= 15 is 0 Å². The fourth-order valence-electron chi connectivity index (χ4n) is 1.33. The van der Waals surface area contributed by atoms with Crippen molar-refractivity contribution in [1.82, 2.24) is 9.97 Å². The first-order chi connectivity index (χ1) is 8.06. The van der Waals surface area contributed by atoms with Crippen molar-refractivity contribution in [3.63, 3.8) is 0 Å². The van der Waals surface area contributed by atoms with Crippen molar-refractivity contribution in [1.29, 1.82) is 0 Å². The van der Waals surface area contributed by atoms with Crippen LogP contribution in [0, 0.1) is 19.7 Å². The van der Waals surface area contributed by atoms with Crippen LogP contribution in [0.1, 0.15) is 11.4 Å². The first kappa shape index (κ1) is 11.3. The van der Waals surface area contributed by atoms with Crippen LogP contribution in [0.15, 0.2) is 24.4 Å². The van der Waals surface area contributed by atoms with E-state index in [0.717, 1.165) is 5.69 Å². The average Bonchev–Trinajstić information content (AvgIpc) is 2.27. The van der Waals surface area contributed by atoms with Crippen molar-refractivity contribution in [2.45, 2.75) is 13.8 Å². The van der Waals surface area contributed by atoms with E-state index in [1.165, 1.54) is 18.2 Å². The summed E-state index contributed by atoms with van der Waals surface area (Å²) in [4.78, 5) is 8.32. The van der Waals surface area contributed by atoms with Gasteiger partial charge in [0.25, 0.3) is 0 Å². The lowest BCUT2D eigenvalue weighted by atomic mass is 10.3. The number of ether oxygens (including phenoxy) is 1. The number of anilines is 1. The van der Waals surface area contributed by atoms with Gasteiger partial charge in [-0.25, -0.2) is 9.37 Å². The van der Waals surface area contributed by atoms with Gasteiger partial charge in [0.1, 0.15) is 5.82 Å². The molecule has 1 aromatic carbocycles. The number of nitrogens with zero attached hydrogens (tertiary/aromatic N) is 2. The maximum absolute atomic E-state index is 12.9. The zero-order valence-electron chi connectivity index (χ0n) is 9.57. The first-order valence-electron chi connectivity index (χ1n) is 5.09. The van der Waals surface area contributed by atoms with E-state index in [9.17, 15) is 4.39 Å². The van der Waals surface area contributed by atoms with E-state index in [-0.39, 0.29) is 5.69 Å². The van der Waals surface area contributed by atoms with Crippen molar-refractivity contribution < 1.29 is 9.13 Å². The second-order valence-corrected chi connectivity index (χ2v) is 3.69. The maximum atomic E-state index is 12.9. The molecule has 0 saturated heterocycles. The molecular formula is C12H12FN3O. The normalized spacial score (nSPS) is 10.3. The lowest BCUT2D eigenvalue weighted by Gasteiger charge is -2.09. The number of hydrogen-bond acceptors (Lipinski definition) is 4. The molecule has 0 saturated carbocycles. The van der Waals surface area contributed by atoms with Crippen LogP contribution in [0.5, 0.6) is 11.6 Å². The van der Waals surface area contributed by atoms with Gasteiger partial charge < -0.3 is 10.5 Å². The van der Waals surface area contributed by atoms with Gasteiger partial charge >= 0.3 is 0 Å². The molecule has 0 aliphatic rings. The summed E-state index contributed by atoms with van der Waals surface area (Å²) >= 11 is 0. The number of halogens is 1. The molecule has 0 fully saturated rings. The number of rotatable bonds is 2. The monoisotopic (exact) mass is 233 g/mol. The first-order valence-corrected chi connectivity index (χ1v) is 5.09. The predicted molar refractivity (Wildman–Crippen MR) is 62.4 cm³/mol. The van der Waals surface area contributed by atoms with Gasteiger partial charge in [-0.2, -0.15) is 0 Å². The van der Waals surface area contributed by atoms with Crippen LogP contribution in [0.3, 0.4) is 0 Å². The van der Waals surface area contributed by atoms with Gasteiger partial charge in [0.05, 0.1) is 17.1 Å². The molecule has 2 N–H and O–H groups in total. The van der Waals surface area contributed by atoms with Gasteiger partial charge in [-0.1, -0.05) is 0 Å². The highest BCUT2D eigenvalue weighted by Gasteiger charge is 2.08. The van der Waals surface area contributed by atoms with Gasteiger partial charge in [0.15, 0.2) is 5.75 Å². The lowest BCUT2D eigenvalue weighted by Crippen LogP contribution is -1.98. The minimum Gasteiger partial charge on any atom is -0.435 e. The second kappa shape index (κ2) is 4.37. The van der Waals surface area contributed by atoms with Crippen LogP contribution in [0.25, 0.3) is 0 Å². The van der Waals surface area contributed by atoms with Gasteiger partial charge in [0, 0.05) is 12.3 Å². The number of nitrogens with two attached hydrogens (primary N) is 1. The van der Waals surface area contributed by atoms with Gasteiger partial charge in [-0.15, -0.1) is 0 Å². The molecule has 0 spiro atoms. The highest BCUT2D eigenvalue weighted by atomic mass is 19.1. The van der Waals surface area contributed by atoms with E-state index < -0.39 is 5.82 Å². The van der Waals surface area contributed by atoms with Crippen molar-refractivity contribution in [3.8, 4) is 11.6 Å². The van der Waals surface area contributed by atoms with E-state index in [0.29, 0.717) is 17.3 Å². The summed E-state index contributed by atoms with van der Waals surface area (Å²) in [6.07, 6.45) is 1.65. The third-order valence-corrected chi connectivity index (χ3v) is 2.21. The van der Waals surface area contributed by atoms with Crippen LogP contribution >= 0.6 is 0 Å². The summed E-state index contributed by atoms with van der Waals surface area (Å²) < 4.78 is 18.4. The quantitative estimate of drug-likeness (QED) is 0.810. The molecular weight excluding hydrogens is 221 g/mol. The Kier molecular flexibility index (Phi) is 2.91. The molecule has 4 nitrogen and oxygen atoms in total. The van der Waals surface area contributed by atoms with Crippen molar-refractivity contribution in [3.05, 3.63) is 41.6 Å². The molecule has 17 heavy (non-hydrogen) atoms. The van der Waals surface area contributed by atoms with Gasteiger partial charge in [-0.3, -0.25) is 4.98 Å². The summed E-state index contributed by atoms with van der Waals surface area (Å²) in [5.41, 5.74) is 7.27. The average molecular weight is 233 g/mol. The van der Waals surface area contributed by atoms with Crippen molar-refractivity contribution in [2.75, 3.05) is 5.73 Å². The van der Waals surface area contributed by atoms with Crippen LogP contribution in [-0.2, 0) is 0 Å². The number of aryl methyl sites for hydroxylation is 2. The Hall–Kier alpha value is -2.17. The maximum Gasteiger partial charge on any atom is 0.241 e. The molecule has 2 aromatic rings. The van der Waals surface area contributed by atoms with Crippen LogP contribution in [0.2, 0.25) is 0 Å². The summed E-state index contributed by atoms with van der Waals surface area (Å²) in [5, 5.41) is 0. The SMILES string of the molecule is Cc1cnc(C)c(Oc2ccc(F)cc2N)n1. The fourth-order valence-corrected chi connectivity index (χ4v) is 1.33. The zero-order valence-corrected chi connectivity index (χ0v) is 9.57. The fraction of sp³-hybridized carbons (Fsp3) is 0.167. The summed E-state index contributed by atoms with van der Waals surface area (Å²) in [5.74, 6) is 0.347. The van der Waals surface area contributed by atoms with Crippen molar-refractivity contribution in [2.24, 2.45) is 0 Å².